The van der Waals surface area contributed by atoms with Crippen molar-refractivity contribution in [2.75, 3.05) is 6.61 Å². The van der Waals surface area contributed by atoms with Gasteiger partial charge in [0, 0.05) is 13.0 Å². The number of benzene rings is 1. The topological polar surface area (TPSA) is 46.5 Å². The molecule has 16 heavy (non-hydrogen) atoms. The molecular weight excluding hydrogens is 251 g/mol. The molecule has 1 aromatic rings. The van der Waals surface area contributed by atoms with E-state index in [0.717, 1.165) is 5.56 Å². The standard InChI is InChI=1S/C11H12Cl2O3/c1-2-16-10(11(14)15)6-7-3-4-8(12)9(13)5-7/h3-5,10H,2,6H2,1H3,(H,14,15). The molecule has 1 unspecified atom stereocenters. The first-order chi connectivity index (χ1) is 7.54. The number of hydrogen-bond acceptors (Lipinski definition) is 2. The van der Waals surface area contributed by atoms with Gasteiger partial charge in [-0.3, -0.25) is 0 Å². The van der Waals surface area contributed by atoms with Crippen LogP contribution in [0.3, 0.4) is 0 Å². The molecule has 1 N–H and O–H groups in total. The highest BCUT2D eigenvalue weighted by Crippen LogP contribution is 2.23. The predicted octanol–water partition coefficient (Wildman–Crippen LogP) is 3.03. The molecule has 5 heteroatoms. The van der Waals surface area contributed by atoms with Crippen molar-refractivity contribution < 1.29 is 14.6 Å². The number of carboxylic acids is 1. The number of hydrogen-bond donors (Lipinski definition) is 1. The fourth-order valence-electron chi connectivity index (χ4n) is 1.30. The van der Waals surface area contributed by atoms with Gasteiger partial charge in [0.25, 0.3) is 0 Å². The third-order valence-corrected chi connectivity index (χ3v) is 2.79. The number of aliphatic carboxylic acids is 1. The Morgan fingerprint density at radius 2 is 2.12 bits per heavy atom. The molecule has 3 nitrogen and oxygen atoms in total. The van der Waals surface area contributed by atoms with Crippen LogP contribution in [-0.2, 0) is 16.0 Å². The van der Waals surface area contributed by atoms with E-state index in [1.807, 2.05) is 0 Å². The van der Waals surface area contributed by atoms with Crippen LogP contribution in [0.2, 0.25) is 10.0 Å². The summed E-state index contributed by atoms with van der Waals surface area (Å²) in [6, 6.07) is 5.03. The van der Waals surface area contributed by atoms with Gasteiger partial charge in [0.2, 0.25) is 0 Å². The van der Waals surface area contributed by atoms with Gasteiger partial charge < -0.3 is 9.84 Å². The SMILES string of the molecule is CCOC(Cc1ccc(Cl)c(Cl)c1)C(=O)O. The van der Waals surface area contributed by atoms with Crippen LogP contribution in [-0.4, -0.2) is 23.8 Å². The summed E-state index contributed by atoms with van der Waals surface area (Å²) in [6.07, 6.45) is -0.567. The highest BCUT2D eigenvalue weighted by atomic mass is 35.5. The molecule has 0 saturated heterocycles. The van der Waals surface area contributed by atoms with Crippen LogP contribution in [0.5, 0.6) is 0 Å². The second kappa shape index (κ2) is 6.09. The Morgan fingerprint density at radius 3 is 2.62 bits per heavy atom. The van der Waals surface area contributed by atoms with Crippen molar-refractivity contribution in [3.8, 4) is 0 Å². The van der Waals surface area contributed by atoms with Gasteiger partial charge in [0.1, 0.15) is 0 Å². The van der Waals surface area contributed by atoms with Crippen molar-refractivity contribution in [1.82, 2.24) is 0 Å². The smallest absolute Gasteiger partial charge is 0.333 e. The Bertz CT molecular complexity index is 379. The molecule has 0 aliphatic heterocycles. The van der Waals surface area contributed by atoms with E-state index < -0.39 is 12.1 Å². The Morgan fingerprint density at radius 1 is 1.44 bits per heavy atom. The largest absolute Gasteiger partial charge is 0.479 e. The maximum atomic E-state index is 10.9. The molecule has 1 atom stereocenters. The van der Waals surface area contributed by atoms with Crippen LogP contribution in [0, 0.1) is 0 Å². The first kappa shape index (κ1) is 13.3. The van der Waals surface area contributed by atoms with Gasteiger partial charge in [-0.05, 0) is 24.6 Å². The van der Waals surface area contributed by atoms with Crippen LogP contribution in [0.15, 0.2) is 18.2 Å². The lowest BCUT2D eigenvalue weighted by atomic mass is 10.1. The molecule has 0 radical (unpaired) electrons. The summed E-state index contributed by atoms with van der Waals surface area (Å²) in [7, 11) is 0. The molecule has 0 aliphatic carbocycles. The van der Waals surface area contributed by atoms with Crippen LogP contribution in [0.1, 0.15) is 12.5 Å². The summed E-state index contributed by atoms with van der Waals surface area (Å²) in [4.78, 5) is 10.9. The van der Waals surface area contributed by atoms with E-state index in [-0.39, 0.29) is 6.42 Å². The molecule has 0 saturated carbocycles. The molecule has 0 amide bonds. The first-order valence-electron chi connectivity index (χ1n) is 4.83. The van der Waals surface area contributed by atoms with Crippen molar-refractivity contribution in [1.29, 1.82) is 0 Å². The van der Waals surface area contributed by atoms with Crippen molar-refractivity contribution in [2.24, 2.45) is 0 Å². The second-order valence-electron chi connectivity index (χ2n) is 3.23. The summed E-state index contributed by atoms with van der Waals surface area (Å²) < 4.78 is 5.10. The number of carbonyl (C=O) groups is 1. The Kier molecular flexibility index (Phi) is 5.06. The maximum Gasteiger partial charge on any atom is 0.333 e. The van der Waals surface area contributed by atoms with Crippen LogP contribution < -0.4 is 0 Å². The number of halogens is 2. The van der Waals surface area contributed by atoms with Gasteiger partial charge in [-0.2, -0.15) is 0 Å². The van der Waals surface area contributed by atoms with Gasteiger partial charge in [0.15, 0.2) is 6.10 Å². The third-order valence-electron chi connectivity index (χ3n) is 2.05. The summed E-state index contributed by atoms with van der Waals surface area (Å²) in [5.74, 6) is -0.979. The lowest BCUT2D eigenvalue weighted by Crippen LogP contribution is -2.26. The molecule has 1 rings (SSSR count). The highest BCUT2D eigenvalue weighted by Gasteiger charge is 2.18. The lowest BCUT2D eigenvalue weighted by molar-refractivity contribution is -0.149. The fourth-order valence-corrected chi connectivity index (χ4v) is 1.62. The van der Waals surface area contributed by atoms with E-state index in [2.05, 4.69) is 0 Å². The first-order valence-corrected chi connectivity index (χ1v) is 5.58. The van der Waals surface area contributed by atoms with Gasteiger partial charge in [-0.25, -0.2) is 4.79 Å². The molecule has 0 bridgehead atoms. The molecule has 0 heterocycles. The fraction of sp³-hybridized carbons (Fsp3) is 0.364. The average Bonchev–Trinajstić information content (AvgIpc) is 2.22. The quantitative estimate of drug-likeness (QED) is 0.888. The minimum Gasteiger partial charge on any atom is -0.479 e. The van der Waals surface area contributed by atoms with E-state index in [4.69, 9.17) is 33.0 Å². The minimum absolute atomic E-state index is 0.278. The van der Waals surface area contributed by atoms with Crippen molar-refractivity contribution in [2.45, 2.75) is 19.4 Å². The zero-order valence-electron chi connectivity index (χ0n) is 8.74. The van der Waals surface area contributed by atoms with E-state index in [9.17, 15) is 4.79 Å². The van der Waals surface area contributed by atoms with E-state index >= 15 is 0 Å². The van der Waals surface area contributed by atoms with E-state index in [1.54, 1.807) is 25.1 Å². The van der Waals surface area contributed by atoms with Crippen molar-refractivity contribution in [3.63, 3.8) is 0 Å². The lowest BCUT2D eigenvalue weighted by Gasteiger charge is -2.12. The van der Waals surface area contributed by atoms with Crippen molar-refractivity contribution in [3.05, 3.63) is 33.8 Å². The summed E-state index contributed by atoms with van der Waals surface area (Å²) in [6.45, 7) is 2.11. The molecular formula is C11H12Cl2O3. The van der Waals surface area contributed by atoms with E-state index in [0.29, 0.717) is 16.7 Å². The van der Waals surface area contributed by atoms with Gasteiger partial charge >= 0.3 is 5.97 Å². The summed E-state index contributed by atoms with van der Waals surface area (Å²) in [5.41, 5.74) is 0.787. The second-order valence-corrected chi connectivity index (χ2v) is 4.05. The van der Waals surface area contributed by atoms with E-state index in [1.165, 1.54) is 0 Å². The normalized spacial score (nSPS) is 12.4. The molecule has 0 fully saturated rings. The van der Waals surface area contributed by atoms with Crippen molar-refractivity contribution >= 4 is 29.2 Å². The molecule has 0 aliphatic rings. The number of carboxylic acid groups (broad SMARTS) is 1. The Hall–Kier alpha value is -0.770. The maximum absolute atomic E-state index is 10.9. The minimum atomic E-state index is -0.979. The van der Waals surface area contributed by atoms with Gasteiger partial charge in [0.05, 0.1) is 10.0 Å². The molecule has 88 valence electrons. The van der Waals surface area contributed by atoms with Crippen LogP contribution >= 0.6 is 23.2 Å². The summed E-state index contributed by atoms with van der Waals surface area (Å²) in [5, 5.41) is 9.77. The molecule has 0 spiro atoms. The zero-order valence-corrected chi connectivity index (χ0v) is 10.3. The predicted molar refractivity (Wildman–Crippen MR) is 63.2 cm³/mol. The Labute approximate surface area is 104 Å². The van der Waals surface area contributed by atoms with Crippen LogP contribution in [0.25, 0.3) is 0 Å². The monoisotopic (exact) mass is 262 g/mol. The third kappa shape index (κ3) is 3.67. The zero-order chi connectivity index (χ0) is 12.1. The Balaban J connectivity index is 2.77. The van der Waals surface area contributed by atoms with Crippen LogP contribution in [0.4, 0.5) is 0 Å². The van der Waals surface area contributed by atoms with Gasteiger partial charge in [-0.15, -0.1) is 0 Å². The average molecular weight is 263 g/mol. The molecule has 1 aromatic carbocycles. The number of rotatable bonds is 5. The highest BCUT2D eigenvalue weighted by molar-refractivity contribution is 6.42. The number of ether oxygens (including phenoxy) is 1. The molecule has 0 aromatic heterocycles. The van der Waals surface area contributed by atoms with Gasteiger partial charge in [-0.1, -0.05) is 29.3 Å². The summed E-state index contributed by atoms with van der Waals surface area (Å²) >= 11 is 11.6.